The summed E-state index contributed by atoms with van der Waals surface area (Å²) in [4.78, 5) is 1.33. The van der Waals surface area contributed by atoms with Gasteiger partial charge >= 0.3 is 0 Å². The molecule has 0 radical (unpaired) electrons. The number of hydrogen-bond donors (Lipinski definition) is 1. The van der Waals surface area contributed by atoms with Gasteiger partial charge in [0.1, 0.15) is 0 Å². The van der Waals surface area contributed by atoms with Crippen LogP contribution in [0.5, 0.6) is 0 Å². The number of thiophene rings is 1. The Hall–Kier alpha value is -0.0900. The van der Waals surface area contributed by atoms with Gasteiger partial charge in [-0.1, -0.05) is 18.5 Å². The summed E-state index contributed by atoms with van der Waals surface area (Å²) in [5.41, 5.74) is 0. The van der Waals surface area contributed by atoms with Gasteiger partial charge in [-0.25, -0.2) is 0 Å². The Labute approximate surface area is 107 Å². The van der Waals surface area contributed by atoms with E-state index in [1.54, 1.807) is 18.4 Å². The topological polar surface area (TPSA) is 21.3 Å². The minimum absolute atomic E-state index is 0.444. The molecule has 92 valence electrons. The normalized spacial score (nSPS) is 12.9. The summed E-state index contributed by atoms with van der Waals surface area (Å²) >= 11 is 7.61. The van der Waals surface area contributed by atoms with Crippen molar-refractivity contribution in [3.05, 3.63) is 21.3 Å². The van der Waals surface area contributed by atoms with Crippen LogP contribution in [0.25, 0.3) is 0 Å². The maximum Gasteiger partial charge on any atom is 0.0931 e. The summed E-state index contributed by atoms with van der Waals surface area (Å²) in [6.07, 6.45) is 3.37. The van der Waals surface area contributed by atoms with Crippen molar-refractivity contribution in [3.63, 3.8) is 0 Å². The number of hydrogen-bond acceptors (Lipinski definition) is 3. The van der Waals surface area contributed by atoms with Crippen molar-refractivity contribution in [2.75, 3.05) is 20.3 Å². The standard InChI is InChI=1S/C12H20ClNOS/c1-3-10(11-6-7-12(13)16-11)14-8-4-5-9-15-2/h6-7,10,14H,3-5,8-9H2,1-2H3. The highest BCUT2D eigenvalue weighted by molar-refractivity contribution is 7.16. The van der Waals surface area contributed by atoms with Crippen LogP contribution < -0.4 is 5.32 Å². The number of rotatable bonds is 8. The van der Waals surface area contributed by atoms with Crippen LogP contribution in [-0.2, 0) is 4.74 Å². The Morgan fingerprint density at radius 1 is 1.44 bits per heavy atom. The van der Waals surface area contributed by atoms with Crippen LogP contribution in [0.3, 0.4) is 0 Å². The fourth-order valence-corrected chi connectivity index (χ4v) is 2.83. The predicted molar refractivity (Wildman–Crippen MR) is 71.5 cm³/mol. The molecule has 0 spiro atoms. The molecule has 1 rings (SSSR count). The van der Waals surface area contributed by atoms with E-state index in [4.69, 9.17) is 16.3 Å². The van der Waals surface area contributed by atoms with E-state index in [1.807, 2.05) is 6.07 Å². The molecule has 0 fully saturated rings. The van der Waals surface area contributed by atoms with Crippen LogP contribution in [0.15, 0.2) is 12.1 Å². The second-order valence-corrected chi connectivity index (χ2v) is 5.50. The minimum atomic E-state index is 0.444. The summed E-state index contributed by atoms with van der Waals surface area (Å²) in [6, 6.07) is 4.53. The zero-order valence-corrected chi connectivity index (χ0v) is 11.5. The van der Waals surface area contributed by atoms with Gasteiger partial charge in [0, 0.05) is 24.6 Å². The fourth-order valence-electron chi connectivity index (χ4n) is 1.61. The predicted octanol–water partition coefficient (Wildman–Crippen LogP) is 3.87. The lowest BCUT2D eigenvalue weighted by atomic mass is 10.2. The largest absolute Gasteiger partial charge is 0.385 e. The summed E-state index contributed by atoms with van der Waals surface area (Å²) in [7, 11) is 1.75. The van der Waals surface area contributed by atoms with Crippen LogP contribution in [0.4, 0.5) is 0 Å². The Kier molecular flexibility index (Phi) is 7.05. The van der Waals surface area contributed by atoms with Crippen molar-refractivity contribution in [1.82, 2.24) is 5.32 Å². The lowest BCUT2D eigenvalue weighted by molar-refractivity contribution is 0.192. The molecule has 0 aliphatic carbocycles. The smallest absolute Gasteiger partial charge is 0.0931 e. The molecule has 0 saturated carbocycles. The summed E-state index contributed by atoms with van der Waals surface area (Å²) in [5.74, 6) is 0. The Bertz CT molecular complexity index is 290. The molecule has 0 bridgehead atoms. The molecule has 1 unspecified atom stereocenters. The molecular formula is C12H20ClNOS. The van der Waals surface area contributed by atoms with E-state index in [9.17, 15) is 0 Å². The van der Waals surface area contributed by atoms with Crippen LogP contribution in [0, 0.1) is 0 Å². The Morgan fingerprint density at radius 2 is 2.25 bits per heavy atom. The molecule has 0 aliphatic heterocycles. The highest BCUT2D eigenvalue weighted by Gasteiger charge is 2.10. The summed E-state index contributed by atoms with van der Waals surface area (Å²) < 4.78 is 5.89. The highest BCUT2D eigenvalue weighted by atomic mass is 35.5. The highest BCUT2D eigenvalue weighted by Crippen LogP contribution is 2.28. The lowest BCUT2D eigenvalue weighted by Gasteiger charge is -2.15. The molecule has 1 heterocycles. The number of nitrogens with one attached hydrogen (secondary N) is 1. The van der Waals surface area contributed by atoms with Gasteiger partial charge in [-0.3, -0.25) is 0 Å². The third-order valence-corrected chi connectivity index (χ3v) is 3.86. The molecule has 1 aromatic heterocycles. The van der Waals surface area contributed by atoms with E-state index in [2.05, 4.69) is 18.3 Å². The third-order valence-electron chi connectivity index (χ3n) is 2.51. The maximum absolute atomic E-state index is 5.94. The average Bonchev–Trinajstić information content (AvgIpc) is 2.70. The van der Waals surface area contributed by atoms with Crippen molar-refractivity contribution < 1.29 is 4.74 Å². The van der Waals surface area contributed by atoms with E-state index in [0.29, 0.717) is 6.04 Å². The van der Waals surface area contributed by atoms with Crippen LogP contribution >= 0.6 is 22.9 Å². The van der Waals surface area contributed by atoms with Gasteiger partial charge in [0.15, 0.2) is 0 Å². The second-order valence-electron chi connectivity index (χ2n) is 3.76. The van der Waals surface area contributed by atoms with Gasteiger partial charge in [0.25, 0.3) is 0 Å². The number of ether oxygens (including phenoxy) is 1. The van der Waals surface area contributed by atoms with Crippen molar-refractivity contribution >= 4 is 22.9 Å². The molecule has 1 atom stereocenters. The number of unbranched alkanes of at least 4 members (excludes halogenated alkanes) is 1. The van der Waals surface area contributed by atoms with Gasteiger partial charge in [-0.05, 0) is 37.9 Å². The SMILES string of the molecule is CCC(NCCCCOC)c1ccc(Cl)s1. The molecule has 0 saturated heterocycles. The molecule has 1 N–H and O–H groups in total. The minimum Gasteiger partial charge on any atom is -0.385 e. The fraction of sp³-hybridized carbons (Fsp3) is 0.667. The van der Waals surface area contributed by atoms with Crippen molar-refractivity contribution in [2.24, 2.45) is 0 Å². The molecular weight excluding hydrogens is 242 g/mol. The molecule has 1 aromatic rings. The molecule has 16 heavy (non-hydrogen) atoms. The van der Waals surface area contributed by atoms with Crippen molar-refractivity contribution in [1.29, 1.82) is 0 Å². The molecule has 4 heteroatoms. The summed E-state index contributed by atoms with van der Waals surface area (Å²) in [5, 5.41) is 3.55. The van der Waals surface area contributed by atoms with Gasteiger partial charge in [0.05, 0.1) is 4.34 Å². The quantitative estimate of drug-likeness (QED) is 0.718. The summed E-state index contributed by atoms with van der Waals surface area (Å²) in [6.45, 7) is 4.08. The Balaban J connectivity index is 2.27. The first-order chi connectivity index (χ1) is 7.77. The molecule has 0 aromatic carbocycles. The maximum atomic E-state index is 5.94. The first kappa shape index (κ1) is 14.0. The van der Waals surface area contributed by atoms with Gasteiger partial charge in [0.2, 0.25) is 0 Å². The van der Waals surface area contributed by atoms with Crippen LogP contribution in [0.1, 0.15) is 37.1 Å². The second kappa shape index (κ2) is 8.07. The van der Waals surface area contributed by atoms with Gasteiger partial charge in [-0.2, -0.15) is 0 Å². The van der Waals surface area contributed by atoms with E-state index in [-0.39, 0.29) is 0 Å². The zero-order chi connectivity index (χ0) is 11.8. The molecule has 2 nitrogen and oxygen atoms in total. The van der Waals surface area contributed by atoms with Crippen LogP contribution in [-0.4, -0.2) is 20.3 Å². The zero-order valence-electron chi connectivity index (χ0n) is 9.96. The molecule has 0 aliphatic rings. The lowest BCUT2D eigenvalue weighted by Crippen LogP contribution is -2.21. The van der Waals surface area contributed by atoms with E-state index >= 15 is 0 Å². The van der Waals surface area contributed by atoms with Crippen molar-refractivity contribution in [2.45, 2.75) is 32.2 Å². The number of halogens is 1. The average molecular weight is 262 g/mol. The van der Waals surface area contributed by atoms with Crippen molar-refractivity contribution in [3.8, 4) is 0 Å². The van der Waals surface area contributed by atoms with E-state index < -0.39 is 0 Å². The number of methoxy groups -OCH3 is 1. The Morgan fingerprint density at radius 3 is 2.81 bits per heavy atom. The monoisotopic (exact) mass is 261 g/mol. The van der Waals surface area contributed by atoms with Gasteiger partial charge in [-0.15, -0.1) is 11.3 Å². The molecule has 0 amide bonds. The van der Waals surface area contributed by atoms with Gasteiger partial charge < -0.3 is 10.1 Å². The first-order valence-corrected chi connectivity index (χ1v) is 6.95. The van der Waals surface area contributed by atoms with E-state index in [1.165, 1.54) is 4.88 Å². The van der Waals surface area contributed by atoms with Crippen LogP contribution in [0.2, 0.25) is 4.34 Å². The van der Waals surface area contributed by atoms with E-state index in [0.717, 1.165) is 36.8 Å². The first-order valence-electron chi connectivity index (χ1n) is 5.75. The third kappa shape index (κ3) is 4.83.